The lowest BCUT2D eigenvalue weighted by Crippen LogP contribution is -2.41. The van der Waals surface area contributed by atoms with Crippen molar-refractivity contribution in [3.63, 3.8) is 0 Å². The summed E-state index contributed by atoms with van der Waals surface area (Å²) in [5.41, 5.74) is 3.17. The molecule has 0 aliphatic rings. The van der Waals surface area contributed by atoms with Crippen molar-refractivity contribution in [2.24, 2.45) is 0 Å². The Balaban J connectivity index is 1.66. The van der Waals surface area contributed by atoms with E-state index in [1.165, 1.54) is 31.9 Å². The fourth-order valence-corrected chi connectivity index (χ4v) is 4.38. The summed E-state index contributed by atoms with van der Waals surface area (Å²) < 4.78 is 15.0. The molecule has 0 bridgehead atoms. The minimum Gasteiger partial charge on any atom is -0.387 e. The van der Waals surface area contributed by atoms with Gasteiger partial charge in [0.25, 0.3) is 5.91 Å². The van der Waals surface area contributed by atoms with Crippen LogP contribution in [0.5, 0.6) is 0 Å². The minimum absolute atomic E-state index is 0.0463. The topological polar surface area (TPSA) is 61.4 Å². The summed E-state index contributed by atoms with van der Waals surface area (Å²) in [5, 5.41) is 16.7. The lowest BCUT2D eigenvalue weighted by Gasteiger charge is -2.33. The zero-order valence-electron chi connectivity index (χ0n) is 23.9. The molecule has 0 radical (unpaired) electrons. The largest absolute Gasteiger partial charge is 0.387 e. The van der Waals surface area contributed by atoms with Gasteiger partial charge in [0, 0.05) is 29.8 Å². The predicted molar refractivity (Wildman–Crippen MR) is 156 cm³/mol. The number of anilines is 1. The van der Waals surface area contributed by atoms with Gasteiger partial charge in [-0.3, -0.25) is 4.79 Å². The van der Waals surface area contributed by atoms with Gasteiger partial charge in [-0.2, -0.15) is 0 Å². The lowest BCUT2D eigenvalue weighted by molar-refractivity contribution is -0.0715. The maximum atomic E-state index is 15.0. The molecule has 1 unspecified atom stereocenters. The van der Waals surface area contributed by atoms with Crippen LogP contribution in [0.3, 0.4) is 0 Å². The Morgan fingerprint density at radius 3 is 2.08 bits per heavy atom. The van der Waals surface area contributed by atoms with Crippen LogP contribution in [0.2, 0.25) is 0 Å². The Morgan fingerprint density at radius 1 is 0.895 bits per heavy atom. The molecule has 3 rings (SSSR count). The molecule has 4 nitrogen and oxygen atoms in total. The van der Waals surface area contributed by atoms with E-state index in [9.17, 15) is 9.90 Å². The number of aliphatic hydroxyl groups is 1. The Labute approximate surface area is 227 Å². The summed E-state index contributed by atoms with van der Waals surface area (Å²) >= 11 is 0. The van der Waals surface area contributed by atoms with Gasteiger partial charge in [-0.25, -0.2) is 4.39 Å². The molecule has 3 aromatic carbocycles. The van der Waals surface area contributed by atoms with Crippen molar-refractivity contribution < 1.29 is 14.3 Å². The number of carbonyl (C=O) groups is 1. The number of rotatable bonds is 11. The number of aryl methyl sites for hydroxylation is 2. The molecule has 0 saturated carbocycles. The van der Waals surface area contributed by atoms with Gasteiger partial charge in [-0.15, -0.1) is 0 Å². The lowest BCUT2D eigenvalue weighted by atomic mass is 9.83. The van der Waals surface area contributed by atoms with Crippen LogP contribution in [-0.2, 0) is 24.0 Å². The third kappa shape index (κ3) is 7.02. The second-order valence-electron chi connectivity index (χ2n) is 11.7. The van der Waals surface area contributed by atoms with Gasteiger partial charge in [0.1, 0.15) is 0 Å². The molecule has 38 heavy (non-hydrogen) atoms. The van der Waals surface area contributed by atoms with E-state index in [1.807, 2.05) is 18.2 Å². The highest BCUT2D eigenvalue weighted by Crippen LogP contribution is 2.36. The Morgan fingerprint density at radius 2 is 1.50 bits per heavy atom. The van der Waals surface area contributed by atoms with E-state index in [0.717, 1.165) is 36.2 Å². The zero-order chi connectivity index (χ0) is 28.1. The van der Waals surface area contributed by atoms with E-state index in [0.29, 0.717) is 17.7 Å². The van der Waals surface area contributed by atoms with Gasteiger partial charge in [-0.05, 0) is 74.6 Å². The van der Waals surface area contributed by atoms with Gasteiger partial charge in [0.2, 0.25) is 0 Å². The smallest absolute Gasteiger partial charge is 0.251 e. The monoisotopic (exact) mass is 518 g/mol. The number of benzene rings is 3. The molecule has 0 saturated heterocycles. The maximum Gasteiger partial charge on any atom is 0.251 e. The van der Waals surface area contributed by atoms with Crippen molar-refractivity contribution in [1.82, 2.24) is 5.32 Å². The third-order valence-electron chi connectivity index (χ3n) is 7.54. The van der Waals surface area contributed by atoms with Crippen LogP contribution >= 0.6 is 0 Å². The van der Waals surface area contributed by atoms with Gasteiger partial charge in [0.15, 0.2) is 5.67 Å². The van der Waals surface area contributed by atoms with E-state index < -0.39 is 11.3 Å². The molecule has 0 aromatic heterocycles. The Kier molecular flexibility index (Phi) is 9.04. The molecule has 3 aromatic rings. The number of amides is 1. The third-order valence-corrected chi connectivity index (χ3v) is 7.54. The van der Waals surface area contributed by atoms with Crippen LogP contribution in [0.1, 0.15) is 86.1 Å². The van der Waals surface area contributed by atoms with E-state index in [2.05, 4.69) is 62.6 Å². The highest BCUT2D eigenvalue weighted by Gasteiger charge is 2.41. The summed E-state index contributed by atoms with van der Waals surface area (Å²) in [5.74, 6) is -0.148. The molecular formula is C33H43FN2O2. The first-order valence-electron chi connectivity index (χ1n) is 13.5. The van der Waals surface area contributed by atoms with Crippen molar-refractivity contribution in [2.45, 2.75) is 84.5 Å². The first-order valence-corrected chi connectivity index (χ1v) is 13.5. The van der Waals surface area contributed by atoms with Crippen LogP contribution in [0.25, 0.3) is 0 Å². The number of halogens is 1. The van der Waals surface area contributed by atoms with Crippen molar-refractivity contribution in [1.29, 1.82) is 0 Å². The average molecular weight is 519 g/mol. The van der Waals surface area contributed by atoms with Crippen LogP contribution in [-0.4, -0.2) is 23.2 Å². The predicted octanol–water partition coefficient (Wildman–Crippen LogP) is 7.22. The quantitative estimate of drug-likeness (QED) is 0.251. The fourth-order valence-electron chi connectivity index (χ4n) is 4.38. The maximum absolute atomic E-state index is 15.0. The van der Waals surface area contributed by atoms with Gasteiger partial charge in [0.05, 0.1) is 5.60 Å². The fraction of sp³-hybridized carbons (Fsp3) is 0.424. The minimum atomic E-state index is -1.88. The summed E-state index contributed by atoms with van der Waals surface area (Å²) in [6.45, 7) is 14.1. The molecule has 204 valence electrons. The Hall–Kier alpha value is -3.18. The molecule has 0 aliphatic heterocycles. The normalized spacial score (nSPS) is 13.6. The van der Waals surface area contributed by atoms with Crippen LogP contribution in [0, 0.1) is 6.92 Å². The molecule has 0 heterocycles. The van der Waals surface area contributed by atoms with Crippen molar-refractivity contribution >= 4 is 11.6 Å². The molecule has 1 atom stereocenters. The molecule has 0 aliphatic carbocycles. The number of alkyl halides is 1. The molecule has 3 N–H and O–H groups in total. The highest BCUT2D eigenvalue weighted by molar-refractivity contribution is 5.94. The molecule has 0 fully saturated rings. The number of hydrogen-bond acceptors (Lipinski definition) is 3. The van der Waals surface area contributed by atoms with E-state index in [-0.39, 0.29) is 11.3 Å². The van der Waals surface area contributed by atoms with Gasteiger partial charge in [-0.1, -0.05) is 81.3 Å². The van der Waals surface area contributed by atoms with Crippen LogP contribution < -0.4 is 10.6 Å². The van der Waals surface area contributed by atoms with Gasteiger partial charge < -0.3 is 15.7 Å². The molecular weight excluding hydrogens is 475 g/mol. The van der Waals surface area contributed by atoms with Crippen LogP contribution in [0.4, 0.5) is 10.1 Å². The van der Waals surface area contributed by atoms with Crippen molar-refractivity contribution in [2.75, 3.05) is 11.9 Å². The van der Waals surface area contributed by atoms with E-state index in [1.54, 1.807) is 24.3 Å². The van der Waals surface area contributed by atoms with Crippen molar-refractivity contribution in [3.8, 4) is 0 Å². The average Bonchev–Trinajstić information content (AvgIpc) is 2.86. The second-order valence-corrected chi connectivity index (χ2v) is 11.7. The first kappa shape index (κ1) is 29.4. The molecule has 1 amide bonds. The zero-order valence-corrected chi connectivity index (χ0v) is 23.9. The number of carbonyl (C=O) groups excluding carboxylic acids is 1. The second kappa shape index (κ2) is 11.7. The van der Waals surface area contributed by atoms with Crippen molar-refractivity contribution in [3.05, 3.63) is 100 Å². The highest BCUT2D eigenvalue weighted by atomic mass is 19.1. The number of nitrogens with one attached hydrogen (secondary N) is 2. The first-order chi connectivity index (χ1) is 17.7. The van der Waals surface area contributed by atoms with Crippen LogP contribution in [0.15, 0.2) is 66.7 Å². The SMILES string of the molecule is CCCc1cc(C(=O)NCc2ccc(C(C)(F)C(C)(C)O)cc2)ccc1NCC(C)(C)c1ccc(C)cc1. The van der Waals surface area contributed by atoms with E-state index in [4.69, 9.17) is 0 Å². The Bertz CT molecular complexity index is 1220. The standard InChI is InChI=1S/C33H43FN2O2/c1-8-9-25-20-26(14-19-29(25)36-22-31(3,4)27-15-10-23(2)11-16-27)30(37)35-21-24-12-17-28(18-13-24)33(7,34)32(5,6)38/h10-20,36,38H,8-9,21-22H2,1-7H3,(H,35,37). The summed E-state index contributed by atoms with van der Waals surface area (Å²) in [6, 6.07) is 21.4. The van der Waals surface area contributed by atoms with E-state index >= 15 is 4.39 Å². The summed E-state index contributed by atoms with van der Waals surface area (Å²) in [6.07, 6.45) is 1.85. The summed E-state index contributed by atoms with van der Waals surface area (Å²) in [4.78, 5) is 12.9. The molecule has 0 spiro atoms. The van der Waals surface area contributed by atoms with Gasteiger partial charge >= 0.3 is 0 Å². The summed E-state index contributed by atoms with van der Waals surface area (Å²) in [7, 11) is 0. The molecule has 5 heteroatoms. The number of hydrogen-bond donors (Lipinski definition) is 3.